The molecular weight excluding hydrogens is 292 g/mol. The summed E-state index contributed by atoms with van der Waals surface area (Å²) in [6, 6.07) is 8.69. The van der Waals surface area contributed by atoms with Gasteiger partial charge in [-0.2, -0.15) is 0 Å². The highest BCUT2D eigenvalue weighted by atomic mass is 16.5. The van der Waals surface area contributed by atoms with Gasteiger partial charge >= 0.3 is 0 Å². The monoisotopic (exact) mass is 312 g/mol. The van der Waals surface area contributed by atoms with Crippen LogP contribution in [0, 0.1) is 0 Å². The van der Waals surface area contributed by atoms with E-state index in [2.05, 4.69) is 16.9 Å². The molecule has 0 aliphatic heterocycles. The number of aromatic nitrogens is 1. The maximum atomic E-state index is 12.4. The lowest BCUT2D eigenvalue weighted by Gasteiger charge is -2.15. The second kappa shape index (κ2) is 7.98. The number of ether oxygens (including phenoxy) is 2. The quantitative estimate of drug-likeness (QED) is 0.798. The Balaban J connectivity index is 2.11. The Kier molecular flexibility index (Phi) is 5.74. The van der Waals surface area contributed by atoms with Gasteiger partial charge in [-0.15, -0.1) is 0 Å². The van der Waals surface area contributed by atoms with Gasteiger partial charge in [0.05, 0.1) is 13.2 Å². The van der Waals surface area contributed by atoms with E-state index in [0.717, 1.165) is 5.56 Å². The zero-order chi connectivity index (χ0) is 16.7. The number of hydrogen-bond acceptors (Lipinski definition) is 4. The van der Waals surface area contributed by atoms with E-state index >= 15 is 0 Å². The second-order valence-electron chi connectivity index (χ2n) is 4.95. The molecule has 0 spiro atoms. The minimum absolute atomic E-state index is 0.140. The number of carbonyl (C=O) groups is 1. The molecule has 5 nitrogen and oxygen atoms in total. The number of carbonyl (C=O) groups excluding carboxylic acids is 1. The number of pyridine rings is 1. The molecule has 0 bridgehead atoms. The summed E-state index contributed by atoms with van der Waals surface area (Å²) in [7, 11) is 1.54. The molecule has 0 aliphatic rings. The van der Waals surface area contributed by atoms with Gasteiger partial charge in [-0.3, -0.25) is 9.78 Å². The van der Waals surface area contributed by atoms with Crippen LogP contribution in [0.4, 0.5) is 0 Å². The summed E-state index contributed by atoms with van der Waals surface area (Å²) in [5, 5.41) is 2.93. The Morgan fingerprint density at radius 3 is 2.87 bits per heavy atom. The lowest BCUT2D eigenvalue weighted by Crippen LogP contribution is -2.26. The number of methoxy groups -OCH3 is 1. The van der Waals surface area contributed by atoms with E-state index < -0.39 is 0 Å². The molecule has 1 atom stereocenters. The van der Waals surface area contributed by atoms with Crippen molar-refractivity contribution in [3.05, 3.63) is 66.5 Å². The van der Waals surface area contributed by atoms with Crippen molar-refractivity contribution < 1.29 is 14.3 Å². The van der Waals surface area contributed by atoms with Crippen LogP contribution in [0.25, 0.3) is 0 Å². The van der Waals surface area contributed by atoms with Crippen LogP contribution in [0.5, 0.6) is 11.5 Å². The van der Waals surface area contributed by atoms with Gasteiger partial charge in [0.25, 0.3) is 5.91 Å². The molecule has 1 amide bonds. The molecule has 1 unspecified atom stereocenters. The first-order valence-corrected chi connectivity index (χ1v) is 7.28. The third-order valence-electron chi connectivity index (χ3n) is 3.31. The Morgan fingerprint density at radius 2 is 2.22 bits per heavy atom. The summed E-state index contributed by atoms with van der Waals surface area (Å²) < 4.78 is 10.8. The average molecular weight is 312 g/mol. The third kappa shape index (κ3) is 4.32. The number of rotatable bonds is 7. The lowest BCUT2D eigenvalue weighted by atomic mass is 10.1. The van der Waals surface area contributed by atoms with Crippen LogP contribution < -0.4 is 14.8 Å². The standard InChI is InChI=1S/C18H20N2O3/c1-4-10-23-16-8-7-14(11-17(16)22-3)18(21)20-13(2)15-6-5-9-19-12-15/h4-9,11-13H,1,10H2,2-3H3,(H,20,21). The molecule has 1 heterocycles. The van der Waals surface area contributed by atoms with Crippen LogP contribution in [0.3, 0.4) is 0 Å². The molecule has 23 heavy (non-hydrogen) atoms. The summed E-state index contributed by atoms with van der Waals surface area (Å²) in [5.74, 6) is 0.896. The van der Waals surface area contributed by atoms with Gasteiger partial charge in [-0.1, -0.05) is 18.7 Å². The maximum absolute atomic E-state index is 12.4. The molecule has 1 N–H and O–H groups in total. The third-order valence-corrected chi connectivity index (χ3v) is 3.31. The van der Waals surface area contributed by atoms with Crippen molar-refractivity contribution in [2.75, 3.05) is 13.7 Å². The molecule has 2 aromatic rings. The Morgan fingerprint density at radius 1 is 1.39 bits per heavy atom. The van der Waals surface area contributed by atoms with Crippen molar-refractivity contribution in [1.82, 2.24) is 10.3 Å². The van der Waals surface area contributed by atoms with E-state index in [4.69, 9.17) is 9.47 Å². The number of benzene rings is 1. The van der Waals surface area contributed by atoms with Crippen molar-refractivity contribution in [2.24, 2.45) is 0 Å². The number of hydrogen-bond donors (Lipinski definition) is 1. The van der Waals surface area contributed by atoms with Gasteiger partial charge in [0.2, 0.25) is 0 Å². The van der Waals surface area contributed by atoms with Gasteiger partial charge < -0.3 is 14.8 Å². The molecule has 120 valence electrons. The molecule has 5 heteroatoms. The highest BCUT2D eigenvalue weighted by molar-refractivity contribution is 5.95. The summed E-state index contributed by atoms with van der Waals surface area (Å²) in [4.78, 5) is 16.4. The SMILES string of the molecule is C=CCOc1ccc(C(=O)NC(C)c2cccnc2)cc1OC. The first kappa shape index (κ1) is 16.5. The first-order valence-electron chi connectivity index (χ1n) is 7.28. The van der Waals surface area contributed by atoms with Crippen molar-refractivity contribution >= 4 is 5.91 Å². The molecule has 0 saturated carbocycles. The number of nitrogens with zero attached hydrogens (tertiary/aromatic N) is 1. The van der Waals surface area contributed by atoms with Gasteiger partial charge in [-0.05, 0) is 36.8 Å². The summed E-state index contributed by atoms with van der Waals surface area (Å²) in [6.07, 6.45) is 5.08. The van der Waals surface area contributed by atoms with E-state index in [1.54, 1.807) is 36.7 Å². The maximum Gasteiger partial charge on any atom is 0.251 e. The minimum atomic E-state index is -0.185. The van der Waals surface area contributed by atoms with Gasteiger partial charge in [0, 0.05) is 18.0 Å². The molecule has 1 aromatic heterocycles. The van der Waals surface area contributed by atoms with E-state index in [1.807, 2.05) is 19.1 Å². The summed E-state index contributed by atoms with van der Waals surface area (Å²) in [6.45, 7) is 5.89. The molecule has 2 rings (SSSR count). The highest BCUT2D eigenvalue weighted by Crippen LogP contribution is 2.28. The van der Waals surface area contributed by atoms with Crippen molar-refractivity contribution in [2.45, 2.75) is 13.0 Å². The van der Waals surface area contributed by atoms with Crippen LogP contribution in [-0.4, -0.2) is 24.6 Å². The van der Waals surface area contributed by atoms with Gasteiger partial charge in [-0.25, -0.2) is 0 Å². The van der Waals surface area contributed by atoms with Crippen molar-refractivity contribution in [3.63, 3.8) is 0 Å². The average Bonchev–Trinajstić information content (AvgIpc) is 2.60. The molecule has 1 aromatic carbocycles. The molecule has 0 radical (unpaired) electrons. The topological polar surface area (TPSA) is 60.5 Å². The van der Waals surface area contributed by atoms with E-state index in [0.29, 0.717) is 23.7 Å². The van der Waals surface area contributed by atoms with Crippen molar-refractivity contribution in [1.29, 1.82) is 0 Å². The largest absolute Gasteiger partial charge is 0.493 e. The lowest BCUT2D eigenvalue weighted by molar-refractivity contribution is 0.0939. The Hall–Kier alpha value is -2.82. The normalized spacial score (nSPS) is 11.4. The van der Waals surface area contributed by atoms with Crippen molar-refractivity contribution in [3.8, 4) is 11.5 Å². The Labute approximate surface area is 136 Å². The van der Waals surface area contributed by atoms with E-state index in [9.17, 15) is 4.79 Å². The smallest absolute Gasteiger partial charge is 0.251 e. The molecule has 0 aliphatic carbocycles. The van der Waals surface area contributed by atoms with E-state index in [-0.39, 0.29) is 11.9 Å². The zero-order valence-corrected chi connectivity index (χ0v) is 13.3. The summed E-state index contributed by atoms with van der Waals surface area (Å²) >= 11 is 0. The molecular formula is C18H20N2O3. The summed E-state index contributed by atoms with van der Waals surface area (Å²) in [5.41, 5.74) is 1.45. The second-order valence-corrected chi connectivity index (χ2v) is 4.95. The van der Waals surface area contributed by atoms with Gasteiger partial charge in [0.15, 0.2) is 11.5 Å². The van der Waals surface area contributed by atoms with Gasteiger partial charge in [0.1, 0.15) is 6.61 Å². The van der Waals surface area contributed by atoms with Crippen LogP contribution in [0.1, 0.15) is 28.9 Å². The van der Waals surface area contributed by atoms with Crippen LogP contribution >= 0.6 is 0 Å². The van der Waals surface area contributed by atoms with Crippen LogP contribution in [0.2, 0.25) is 0 Å². The number of nitrogens with one attached hydrogen (secondary N) is 1. The Bertz CT molecular complexity index is 671. The fourth-order valence-electron chi connectivity index (χ4n) is 2.07. The predicted octanol–water partition coefficient (Wildman–Crippen LogP) is 3.15. The van der Waals surface area contributed by atoms with E-state index in [1.165, 1.54) is 7.11 Å². The fourth-order valence-corrected chi connectivity index (χ4v) is 2.07. The molecule has 0 saturated heterocycles. The fraction of sp³-hybridized carbons (Fsp3) is 0.222. The highest BCUT2D eigenvalue weighted by Gasteiger charge is 2.14. The first-order chi connectivity index (χ1) is 11.2. The predicted molar refractivity (Wildman–Crippen MR) is 88.8 cm³/mol. The van der Waals surface area contributed by atoms with Crippen LogP contribution in [0.15, 0.2) is 55.4 Å². The zero-order valence-electron chi connectivity index (χ0n) is 13.3. The minimum Gasteiger partial charge on any atom is -0.493 e. The molecule has 0 fully saturated rings. The number of amides is 1. The van der Waals surface area contributed by atoms with Crippen LogP contribution in [-0.2, 0) is 0 Å².